The average Bonchev–Trinajstić information content (AvgIpc) is 2.78. The first kappa shape index (κ1) is 30.6. The Bertz CT molecular complexity index is 1120. The summed E-state index contributed by atoms with van der Waals surface area (Å²) in [5.41, 5.74) is 7.58. The second-order valence-corrected chi connectivity index (χ2v) is 15.1. The van der Waals surface area contributed by atoms with Gasteiger partial charge < -0.3 is 0 Å². The summed E-state index contributed by atoms with van der Waals surface area (Å²) in [6.45, 7) is 6.59. The molecule has 0 aliphatic heterocycles. The molecule has 3 aromatic rings. The van der Waals surface area contributed by atoms with E-state index in [1.54, 1.807) is 0 Å². The van der Waals surface area contributed by atoms with Crippen LogP contribution in [0.4, 0.5) is 0 Å². The van der Waals surface area contributed by atoms with E-state index in [1.165, 1.54) is 33.1 Å². The molecule has 0 saturated carbocycles. The predicted molar refractivity (Wildman–Crippen MR) is 181 cm³/mol. The van der Waals surface area contributed by atoms with Gasteiger partial charge in [-0.05, 0) is 150 Å². The first-order valence-corrected chi connectivity index (χ1v) is 17.6. The molecule has 0 aliphatic carbocycles. The van der Waals surface area contributed by atoms with Crippen molar-refractivity contribution in [2.45, 2.75) is 40.0 Å². The SMILES string of the molecule is CCc1c(Br)c(Br)cc(Br)c1B(c1c(Br)cc(Br)c(Br)c1CC)c1c(Br)cc(Br)c(Br)c1CC. The molecule has 3 aromatic carbocycles. The first-order chi connectivity index (χ1) is 16.0. The van der Waals surface area contributed by atoms with Gasteiger partial charge in [0.1, 0.15) is 0 Å². The van der Waals surface area contributed by atoms with Gasteiger partial charge in [0.05, 0.1) is 0 Å². The van der Waals surface area contributed by atoms with Crippen molar-refractivity contribution in [3.05, 3.63) is 75.1 Å². The lowest BCUT2D eigenvalue weighted by molar-refractivity contribution is 1.12. The van der Waals surface area contributed by atoms with Crippen LogP contribution >= 0.6 is 143 Å². The molecule has 0 N–H and O–H groups in total. The number of hydrogen-bond donors (Lipinski definition) is 0. The van der Waals surface area contributed by atoms with Crippen LogP contribution in [0.3, 0.4) is 0 Å². The van der Waals surface area contributed by atoms with Gasteiger partial charge >= 0.3 is 0 Å². The highest BCUT2D eigenvalue weighted by Gasteiger charge is 2.36. The lowest BCUT2D eigenvalue weighted by Crippen LogP contribution is -2.57. The molecule has 0 fully saturated rings. The summed E-state index contributed by atoms with van der Waals surface area (Å²) >= 11 is 34.7. The standard InChI is InChI=1S/C24H18BBr9/c1-4-10-19(13(26)7-16(29)22(10)32)25(20-11(5-2)23(33)17(30)8-14(20)27)21-12(6-3)24(34)18(31)9-15(21)28/h7-9H,4-6H2,1-3H3. The summed E-state index contributed by atoms with van der Waals surface area (Å²) in [6.07, 6.45) is 2.66. The minimum atomic E-state index is -0.0313. The molecule has 0 atom stereocenters. The number of rotatable bonds is 6. The summed E-state index contributed by atoms with van der Waals surface area (Å²) in [7, 11) is 0. The van der Waals surface area contributed by atoms with Crippen LogP contribution in [0.1, 0.15) is 37.5 Å². The minimum Gasteiger partial charge on any atom is -0.0613 e. The van der Waals surface area contributed by atoms with E-state index in [1.807, 2.05) is 0 Å². The van der Waals surface area contributed by atoms with Gasteiger partial charge in [-0.3, -0.25) is 0 Å². The molecule has 3 rings (SSSR count). The van der Waals surface area contributed by atoms with E-state index in [0.29, 0.717) is 0 Å². The Balaban J connectivity index is 2.63. The zero-order valence-corrected chi connectivity index (χ0v) is 32.6. The maximum absolute atomic E-state index is 3.95. The Morgan fingerprint density at radius 3 is 0.882 bits per heavy atom. The first-order valence-electron chi connectivity index (χ1n) is 10.5. The predicted octanol–water partition coefficient (Wildman–Crippen LogP) is 10.8. The highest BCUT2D eigenvalue weighted by Crippen LogP contribution is 2.36. The van der Waals surface area contributed by atoms with E-state index in [9.17, 15) is 0 Å². The van der Waals surface area contributed by atoms with Crippen LogP contribution in [0.25, 0.3) is 0 Å². The summed E-state index contributed by atoms with van der Waals surface area (Å²) in [5, 5.41) is 0. The van der Waals surface area contributed by atoms with Gasteiger partial charge in [-0.2, -0.15) is 0 Å². The van der Waals surface area contributed by atoms with Crippen molar-refractivity contribution in [2.24, 2.45) is 0 Å². The van der Waals surface area contributed by atoms with Crippen LogP contribution in [0.2, 0.25) is 0 Å². The topological polar surface area (TPSA) is 0 Å². The highest BCUT2D eigenvalue weighted by molar-refractivity contribution is 9.14. The van der Waals surface area contributed by atoms with Gasteiger partial charge in [0, 0.05) is 40.3 Å². The van der Waals surface area contributed by atoms with Crippen molar-refractivity contribution < 1.29 is 0 Å². The highest BCUT2D eigenvalue weighted by atomic mass is 79.9. The molecule has 0 radical (unpaired) electrons. The second kappa shape index (κ2) is 12.9. The van der Waals surface area contributed by atoms with Crippen LogP contribution < -0.4 is 16.4 Å². The van der Waals surface area contributed by atoms with Gasteiger partial charge in [-0.25, -0.2) is 0 Å². The van der Waals surface area contributed by atoms with Crippen LogP contribution in [0.5, 0.6) is 0 Å². The van der Waals surface area contributed by atoms with Crippen molar-refractivity contribution >= 4 is 166 Å². The normalized spacial score (nSPS) is 11.3. The van der Waals surface area contributed by atoms with Crippen molar-refractivity contribution in [3.8, 4) is 0 Å². The number of benzene rings is 3. The molecule has 0 saturated heterocycles. The Hall–Kier alpha value is 2.04. The van der Waals surface area contributed by atoms with Crippen LogP contribution in [-0.2, 0) is 19.3 Å². The van der Waals surface area contributed by atoms with E-state index in [2.05, 4.69) is 182 Å². The fourth-order valence-electron chi connectivity index (χ4n) is 4.38. The fourth-order valence-corrected chi connectivity index (χ4v) is 10.6. The lowest BCUT2D eigenvalue weighted by Gasteiger charge is -2.29. The number of hydrogen-bond acceptors (Lipinski definition) is 0. The molecule has 10 heteroatoms. The molecular weight excluding hydrogens is 1020 g/mol. The van der Waals surface area contributed by atoms with Gasteiger partial charge in [0.2, 0.25) is 6.71 Å². The molecule has 0 heterocycles. The summed E-state index contributed by atoms with van der Waals surface area (Å²) in [5.74, 6) is 0. The van der Waals surface area contributed by atoms with Crippen LogP contribution in [0.15, 0.2) is 58.5 Å². The third kappa shape index (κ3) is 5.80. The van der Waals surface area contributed by atoms with Crippen molar-refractivity contribution in [3.63, 3.8) is 0 Å². The van der Waals surface area contributed by atoms with Gasteiger partial charge in [0.25, 0.3) is 0 Å². The molecule has 0 aromatic heterocycles. The molecule has 0 amide bonds. The van der Waals surface area contributed by atoms with Gasteiger partial charge in [0.15, 0.2) is 0 Å². The largest absolute Gasteiger partial charge is 0.246 e. The quantitative estimate of drug-likeness (QED) is 0.171. The van der Waals surface area contributed by atoms with Crippen molar-refractivity contribution in [2.75, 3.05) is 0 Å². The molecule has 34 heavy (non-hydrogen) atoms. The molecule has 0 spiro atoms. The Kier molecular flexibility index (Phi) is 11.6. The smallest absolute Gasteiger partial charge is 0.0613 e. The van der Waals surface area contributed by atoms with E-state index >= 15 is 0 Å². The van der Waals surface area contributed by atoms with Gasteiger partial charge in [-0.1, -0.05) is 84.9 Å². The average molecular weight is 1040 g/mol. The molecule has 0 nitrogen and oxygen atoms in total. The molecule has 0 unspecified atom stereocenters. The summed E-state index contributed by atoms with van der Waals surface area (Å²) in [4.78, 5) is 0. The monoisotopic (exact) mass is 1030 g/mol. The van der Waals surface area contributed by atoms with Gasteiger partial charge in [-0.15, -0.1) is 0 Å². The Morgan fingerprint density at radius 2 is 0.676 bits per heavy atom. The lowest BCUT2D eigenvalue weighted by atomic mass is 9.34. The van der Waals surface area contributed by atoms with E-state index < -0.39 is 0 Å². The van der Waals surface area contributed by atoms with Crippen LogP contribution in [0, 0.1) is 0 Å². The number of halogens is 9. The Labute approximate surface area is 277 Å². The van der Waals surface area contributed by atoms with E-state index in [-0.39, 0.29) is 6.71 Å². The minimum absolute atomic E-state index is 0.0313. The zero-order valence-electron chi connectivity index (χ0n) is 18.3. The van der Waals surface area contributed by atoms with Crippen LogP contribution in [-0.4, -0.2) is 6.71 Å². The van der Waals surface area contributed by atoms with E-state index in [0.717, 1.165) is 59.5 Å². The molecule has 0 aliphatic rings. The fraction of sp³-hybridized carbons (Fsp3) is 0.250. The molecule has 180 valence electrons. The third-order valence-corrected chi connectivity index (χ3v) is 14.0. The maximum Gasteiger partial charge on any atom is 0.246 e. The van der Waals surface area contributed by atoms with E-state index in [4.69, 9.17) is 0 Å². The van der Waals surface area contributed by atoms with Crippen molar-refractivity contribution in [1.82, 2.24) is 0 Å². The molecular formula is C24H18BBr9. The summed E-state index contributed by atoms with van der Waals surface area (Å²) < 4.78 is 9.62. The maximum atomic E-state index is 3.95. The Morgan fingerprint density at radius 1 is 0.441 bits per heavy atom. The second-order valence-electron chi connectivity index (χ2n) is 7.63. The zero-order chi connectivity index (χ0) is 25.5. The third-order valence-electron chi connectivity index (χ3n) is 5.86. The summed E-state index contributed by atoms with van der Waals surface area (Å²) in [6, 6.07) is 6.44. The van der Waals surface area contributed by atoms with Crippen molar-refractivity contribution in [1.29, 1.82) is 0 Å². The molecule has 0 bridgehead atoms.